The molecule has 1 N–H and O–H groups in total. The number of nitriles is 1. The van der Waals surface area contributed by atoms with E-state index in [2.05, 4.69) is 18.0 Å². The first-order chi connectivity index (χ1) is 14.0. The molecule has 0 saturated carbocycles. The van der Waals surface area contributed by atoms with Crippen LogP contribution in [0.5, 0.6) is 0 Å². The van der Waals surface area contributed by atoms with Crippen LogP contribution in [0, 0.1) is 32.1 Å². The number of hydrogen-bond donors (Lipinski definition) is 1. The molecule has 0 spiro atoms. The summed E-state index contributed by atoms with van der Waals surface area (Å²) >= 11 is 0. The van der Waals surface area contributed by atoms with Gasteiger partial charge in [0.15, 0.2) is 0 Å². The number of aryl methyl sites for hydroxylation is 2. The molecule has 2 aromatic carbocycles. The minimum atomic E-state index is 0.0556. The molecule has 3 aromatic rings. The predicted octanol–water partition coefficient (Wildman–Crippen LogP) is 4.03. The lowest BCUT2D eigenvalue weighted by Crippen LogP contribution is -2.41. The number of H-pyrrole nitrogens is 1. The fourth-order valence-electron chi connectivity index (χ4n) is 4.25. The van der Waals surface area contributed by atoms with Gasteiger partial charge in [0.2, 0.25) is 0 Å². The van der Waals surface area contributed by atoms with Gasteiger partial charge in [0.05, 0.1) is 18.8 Å². The molecule has 1 aromatic heterocycles. The second-order valence-electron chi connectivity index (χ2n) is 7.70. The van der Waals surface area contributed by atoms with Crippen LogP contribution in [0.4, 0.5) is 0 Å². The molecular weight excluding hydrogens is 362 g/mol. The van der Waals surface area contributed by atoms with Crippen LogP contribution in [0.15, 0.2) is 30.3 Å². The number of aromatic nitrogens is 1. The molecule has 1 amide bonds. The Labute approximate surface area is 170 Å². The number of ether oxygens (including phenoxy) is 1. The summed E-state index contributed by atoms with van der Waals surface area (Å²) in [6, 6.07) is 12.3. The number of morpholine rings is 1. The maximum absolute atomic E-state index is 13.1. The van der Waals surface area contributed by atoms with Crippen molar-refractivity contribution in [2.75, 3.05) is 26.3 Å². The molecule has 4 rings (SSSR count). The minimum absolute atomic E-state index is 0.0556. The fraction of sp³-hybridized carbons (Fsp3) is 0.333. The number of benzene rings is 2. The third kappa shape index (κ3) is 3.41. The van der Waals surface area contributed by atoms with Crippen LogP contribution in [-0.2, 0) is 11.2 Å². The van der Waals surface area contributed by atoms with Crippen molar-refractivity contribution in [2.45, 2.75) is 27.2 Å². The summed E-state index contributed by atoms with van der Waals surface area (Å²) in [5, 5.41) is 10.8. The summed E-state index contributed by atoms with van der Waals surface area (Å²) in [6.45, 7) is 8.52. The van der Waals surface area contributed by atoms with E-state index in [1.165, 1.54) is 0 Å². The normalized spacial score (nSPS) is 14.2. The smallest absolute Gasteiger partial charge is 0.254 e. The third-order valence-corrected chi connectivity index (χ3v) is 5.94. The van der Waals surface area contributed by atoms with Gasteiger partial charge in [-0.1, -0.05) is 18.2 Å². The molecule has 148 valence electrons. The average molecular weight is 387 g/mol. The average Bonchev–Trinajstić information content (AvgIpc) is 3.10. The Hall–Kier alpha value is -3.10. The first-order valence-corrected chi connectivity index (χ1v) is 9.97. The monoisotopic (exact) mass is 387 g/mol. The van der Waals surface area contributed by atoms with Crippen LogP contribution in [0.3, 0.4) is 0 Å². The fourth-order valence-corrected chi connectivity index (χ4v) is 4.25. The van der Waals surface area contributed by atoms with Gasteiger partial charge in [-0.05, 0) is 55.2 Å². The van der Waals surface area contributed by atoms with Gasteiger partial charge in [-0.25, -0.2) is 0 Å². The molecule has 1 aliphatic rings. The van der Waals surface area contributed by atoms with Crippen molar-refractivity contribution in [1.29, 1.82) is 5.26 Å². The van der Waals surface area contributed by atoms with E-state index < -0.39 is 0 Å². The standard InChI is InChI=1S/C24H25N3O2/c1-15-7-8-18(24(28)27-9-11-29-12-10-27)17(3)19(15)13-22-20(14-25)23-16(2)5-4-6-21(23)26-22/h4-8,26H,9-13H2,1-3H3. The zero-order valence-electron chi connectivity index (χ0n) is 17.1. The first kappa shape index (κ1) is 19.2. The maximum atomic E-state index is 13.1. The number of fused-ring (bicyclic) bond motifs is 1. The van der Waals surface area contributed by atoms with E-state index in [9.17, 15) is 10.1 Å². The minimum Gasteiger partial charge on any atom is -0.378 e. The molecule has 0 atom stereocenters. The Balaban J connectivity index is 1.75. The molecule has 1 fully saturated rings. The van der Waals surface area contributed by atoms with Crippen LogP contribution in [0.25, 0.3) is 10.9 Å². The number of nitrogens with one attached hydrogen (secondary N) is 1. The zero-order chi connectivity index (χ0) is 20.5. The molecule has 0 unspecified atom stereocenters. The molecule has 1 aliphatic heterocycles. The molecule has 0 radical (unpaired) electrons. The molecular formula is C24H25N3O2. The van der Waals surface area contributed by atoms with E-state index in [0.29, 0.717) is 38.3 Å². The lowest BCUT2D eigenvalue weighted by Gasteiger charge is -2.28. The predicted molar refractivity (Wildman–Crippen MR) is 113 cm³/mol. The topological polar surface area (TPSA) is 69.1 Å². The summed E-state index contributed by atoms with van der Waals surface area (Å²) < 4.78 is 5.37. The van der Waals surface area contributed by atoms with Crippen LogP contribution in [0.2, 0.25) is 0 Å². The SMILES string of the molecule is Cc1ccc(C(=O)N2CCOCC2)c(C)c1Cc1[nH]c2cccc(C)c2c1C#N. The van der Waals surface area contributed by atoms with E-state index in [-0.39, 0.29) is 5.91 Å². The quantitative estimate of drug-likeness (QED) is 0.738. The van der Waals surface area contributed by atoms with Crippen molar-refractivity contribution in [3.05, 3.63) is 69.4 Å². The van der Waals surface area contributed by atoms with E-state index >= 15 is 0 Å². The van der Waals surface area contributed by atoms with Gasteiger partial charge in [0, 0.05) is 41.7 Å². The van der Waals surface area contributed by atoms with Crippen LogP contribution in [0.1, 0.15) is 43.9 Å². The largest absolute Gasteiger partial charge is 0.378 e. The van der Waals surface area contributed by atoms with Gasteiger partial charge in [-0.3, -0.25) is 4.79 Å². The van der Waals surface area contributed by atoms with Crippen LogP contribution >= 0.6 is 0 Å². The maximum Gasteiger partial charge on any atom is 0.254 e. The molecule has 0 bridgehead atoms. The molecule has 5 heteroatoms. The van der Waals surface area contributed by atoms with Crippen molar-refractivity contribution < 1.29 is 9.53 Å². The Kier molecular flexibility index (Phi) is 5.12. The molecule has 2 heterocycles. The van der Waals surface area contributed by atoms with Crippen molar-refractivity contribution in [3.63, 3.8) is 0 Å². The second kappa shape index (κ2) is 7.73. The highest BCUT2D eigenvalue weighted by molar-refractivity contribution is 5.96. The highest BCUT2D eigenvalue weighted by Crippen LogP contribution is 2.29. The van der Waals surface area contributed by atoms with E-state index in [4.69, 9.17) is 4.74 Å². The Morgan fingerprint density at radius 3 is 2.62 bits per heavy atom. The summed E-state index contributed by atoms with van der Waals surface area (Å²) in [5.41, 5.74) is 7.61. The molecule has 0 aliphatic carbocycles. The Morgan fingerprint density at radius 1 is 1.14 bits per heavy atom. The molecule has 5 nitrogen and oxygen atoms in total. The number of hydrogen-bond acceptors (Lipinski definition) is 3. The number of carbonyl (C=O) groups is 1. The summed E-state index contributed by atoms with van der Waals surface area (Å²) in [7, 11) is 0. The molecule has 29 heavy (non-hydrogen) atoms. The van der Waals surface area contributed by atoms with Crippen molar-refractivity contribution in [3.8, 4) is 6.07 Å². The van der Waals surface area contributed by atoms with Crippen LogP contribution in [-0.4, -0.2) is 42.1 Å². The third-order valence-electron chi connectivity index (χ3n) is 5.94. The highest BCUT2D eigenvalue weighted by atomic mass is 16.5. The second-order valence-corrected chi connectivity index (χ2v) is 7.70. The van der Waals surface area contributed by atoms with Gasteiger partial charge in [-0.2, -0.15) is 5.26 Å². The summed E-state index contributed by atoms with van der Waals surface area (Å²) in [5.74, 6) is 0.0556. The van der Waals surface area contributed by atoms with Gasteiger partial charge in [0.25, 0.3) is 5.91 Å². The van der Waals surface area contributed by atoms with Crippen molar-refractivity contribution in [2.24, 2.45) is 0 Å². The van der Waals surface area contributed by atoms with Crippen molar-refractivity contribution >= 4 is 16.8 Å². The number of rotatable bonds is 3. The number of amides is 1. The van der Waals surface area contributed by atoms with Gasteiger partial charge >= 0.3 is 0 Å². The Bertz CT molecular complexity index is 1130. The number of aromatic amines is 1. The Morgan fingerprint density at radius 2 is 1.90 bits per heavy atom. The van der Waals surface area contributed by atoms with E-state index in [1.54, 1.807) is 0 Å². The van der Waals surface area contributed by atoms with E-state index in [1.807, 2.05) is 49.1 Å². The van der Waals surface area contributed by atoms with Gasteiger partial charge < -0.3 is 14.6 Å². The summed E-state index contributed by atoms with van der Waals surface area (Å²) in [6.07, 6.45) is 0.596. The first-order valence-electron chi connectivity index (χ1n) is 9.97. The highest BCUT2D eigenvalue weighted by Gasteiger charge is 2.22. The van der Waals surface area contributed by atoms with Crippen LogP contribution < -0.4 is 0 Å². The molecule has 1 saturated heterocycles. The van der Waals surface area contributed by atoms with Gasteiger partial charge in [-0.15, -0.1) is 0 Å². The number of carbonyl (C=O) groups excluding carboxylic acids is 1. The lowest BCUT2D eigenvalue weighted by atomic mass is 9.92. The zero-order valence-corrected chi connectivity index (χ0v) is 17.1. The number of nitrogens with zero attached hydrogens (tertiary/aromatic N) is 2. The van der Waals surface area contributed by atoms with Crippen molar-refractivity contribution in [1.82, 2.24) is 9.88 Å². The van der Waals surface area contributed by atoms with E-state index in [0.717, 1.165) is 44.4 Å². The summed E-state index contributed by atoms with van der Waals surface area (Å²) in [4.78, 5) is 18.4. The van der Waals surface area contributed by atoms with Gasteiger partial charge in [0.1, 0.15) is 6.07 Å². The lowest BCUT2D eigenvalue weighted by molar-refractivity contribution is 0.0302.